The topological polar surface area (TPSA) is 55.2 Å². The van der Waals surface area contributed by atoms with Crippen molar-refractivity contribution in [1.29, 1.82) is 0 Å². The van der Waals surface area contributed by atoms with Crippen LogP contribution in [0.15, 0.2) is 36.7 Å². The van der Waals surface area contributed by atoms with Crippen LogP contribution in [0.3, 0.4) is 0 Å². The molecule has 0 radical (unpaired) electrons. The van der Waals surface area contributed by atoms with Gasteiger partial charge in [0.1, 0.15) is 11.5 Å². The average molecular weight is 223 g/mol. The molecular weight excluding hydrogens is 216 g/mol. The van der Waals surface area contributed by atoms with E-state index < -0.39 is 0 Å². The van der Waals surface area contributed by atoms with Crippen LogP contribution in [0, 0.1) is 0 Å². The summed E-state index contributed by atoms with van der Waals surface area (Å²) in [6.07, 6.45) is 2.95. The number of nitrogens with zero attached hydrogens (tertiary/aromatic N) is 2. The van der Waals surface area contributed by atoms with E-state index in [9.17, 15) is 0 Å². The van der Waals surface area contributed by atoms with Crippen molar-refractivity contribution in [3.05, 3.63) is 41.9 Å². The molecule has 1 heterocycles. The molecule has 0 aliphatic rings. The smallest absolute Gasteiger partial charge is 0.222 e. The second kappa shape index (κ2) is 4.14. The van der Waals surface area contributed by atoms with Gasteiger partial charge in [-0.15, -0.1) is 0 Å². The van der Waals surface area contributed by atoms with E-state index in [0.717, 1.165) is 0 Å². The molecule has 4 nitrogen and oxygen atoms in total. The van der Waals surface area contributed by atoms with Gasteiger partial charge in [0.2, 0.25) is 5.28 Å². The lowest BCUT2D eigenvalue weighted by molar-refractivity contribution is 0.462. The van der Waals surface area contributed by atoms with Gasteiger partial charge in [-0.3, -0.25) is 0 Å². The molecule has 0 spiro atoms. The van der Waals surface area contributed by atoms with Gasteiger partial charge in [0.15, 0.2) is 5.75 Å². The van der Waals surface area contributed by atoms with Crippen LogP contribution in [0.5, 0.6) is 17.2 Å². The Morgan fingerprint density at radius 3 is 2.20 bits per heavy atom. The van der Waals surface area contributed by atoms with Crippen LogP contribution in [0.4, 0.5) is 0 Å². The molecule has 2 rings (SSSR count). The average Bonchev–Trinajstić information content (AvgIpc) is 2.25. The van der Waals surface area contributed by atoms with Crippen molar-refractivity contribution >= 4 is 11.6 Å². The second-order valence-corrected chi connectivity index (χ2v) is 3.12. The Bertz CT molecular complexity index is 398. The van der Waals surface area contributed by atoms with Gasteiger partial charge in [0.05, 0.1) is 12.4 Å². The molecule has 0 saturated carbocycles. The molecule has 0 amide bonds. The number of aromatic hydroxyl groups is 1. The van der Waals surface area contributed by atoms with Gasteiger partial charge in [-0.2, -0.15) is 0 Å². The zero-order chi connectivity index (χ0) is 10.7. The Morgan fingerprint density at radius 1 is 1.00 bits per heavy atom. The highest BCUT2D eigenvalue weighted by molar-refractivity contribution is 6.28. The highest BCUT2D eigenvalue weighted by Gasteiger charge is 1.98. The summed E-state index contributed by atoms with van der Waals surface area (Å²) in [5, 5.41) is 9.24. The monoisotopic (exact) mass is 222 g/mol. The largest absolute Gasteiger partial charge is 0.508 e. The summed E-state index contributed by atoms with van der Waals surface area (Å²) < 4.78 is 5.39. The number of hydrogen-bond donors (Lipinski definition) is 1. The lowest BCUT2D eigenvalue weighted by atomic mass is 10.3. The van der Waals surface area contributed by atoms with Crippen LogP contribution in [0.1, 0.15) is 0 Å². The predicted octanol–water partition coefficient (Wildman–Crippen LogP) is 2.63. The third-order valence-corrected chi connectivity index (χ3v) is 1.86. The minimum Gasteiger partial charge on any atom is -0.508 e. The number of rotatable bonds is 2. The number of ether oxygens (including phenoxy) is 1. The molecule has 0 unspecified atom stereocenters. The Morgan fingerprint density at radius 2 is 1.60 bits per heavy atom. The van der Waals surface area contributed by atoms with Crippen molar-refractivity contribution in [2.24, 2.45) is 0 Å². The molecule has 0 bridgehead atoms. The van der Waals surface area contributed by atoms with E-state index in [1.807, 2.05) is 0 Å². The first kappa shape index (κ1) is 9.73. The third kappa shape index (κ3) is 2.57. The van der Waals surface area contributed by atoms with E-state index in [1.54, 1.807) is 12.1 Å². The molecule has 5 heteroatoms. The number of benzene rings is 1. The van der Waals surface area contributed by atoms with Crippen LogP contribution in [0.2, 0.25) is 5.28 Å². The molecule has 1 aromatic heterocycles. The third-order valence-electron chi connectivity index (χ3n) is 1.67. The minimum atomic E-state index is 0.174. The van der Waals surface area contributed by atoms with Crippen molar-refractivity contribution in [1.82, 2.24) is 9.97 Å². The predicted molar refractivity (Wildman–Crippen MR) is 55.2 cm³/mol. The molecule has 0 saturated heterocycles. The molecule has 1 aromatic carbocycles. The molecule has 0 atom stereocenters. The van der Waals surface area contributed by atoms with Gasteiger partial charge < -0.3 is 9.84 Å². The Hall–Kier alpha value is -1.81. The van der Waals surface area contributed by atoms with Crippen LogP contribution in [0.25, 0.3) is 0 Å². The van der Waals surface area contributed by atoms with Crippen LogP contribution in [-0.4, -0.2) is 15.1 Å². The van der Waals surface area contributed by atoms with Crippen molar-refractivity contribution in [2.75, 3.05) is 0 Å². The standard InChI is InChI=1S/C10H7ClN2O2/c11-10-12-5-9(6-13-10)15-8-3-1-7(14)2-4-8/h1-6,14H. The van der Waals surface area contributed by atoms with Gasteiger partial charge in [-0.25, -0.2) is 9.97 Å². The first-order valence-corrected chi connectivity index (χ1v) is 4.56. The van der Waals surface area contributed by atoms with Gasteiger partial charge >= 0.3 is 0 Å². The normalized spacial score (nSPS) is 9.93. The van der Waals surface area contributed by atoms with E-state index >= 15 is 0 Å². The molecule has 0 aliphatic heterocycles. The van der Waals surface area contributed by atoms with Crippen molar-refractivity contribution < 1.29 is 9.84 Å². The molecule has 76 valence electrons. The fraction of sp³-hybridized carbons (Fsp3) is 0. The number of hydrogen-bond acceptors (Lipinski definition) is 4. The van der Waals surface area contributed by atoms with Gasteiger partial charge in [0, 0.05) is 0 Å². The lowest BCUT2D eigenvalue weighted by Gasteiger charge is -2.04. The highest BCUT2D eigenvalue weighted by atomic mass is 35.5. The maximum atomic E-state index is 9.06. The maximum Gasteiger partial charge on any atom is 0.222 e. The van der Waals surface area contributed by atoms with E-state index in [-0.39, 0.29) is 11.0 Å². The van der Waals surface area contributed by atoms with E-state index in [1.165, 1.54) is 24.5 Å². The SMILES string of the molecule is Oc1ccc(Oc2cnc(Cl)nc2)cc1. The number of phenolic OH excluding ortho intramolecular Hbond substituents is 1. The summed E-state index contributed by atoms with van der Waals surface area (Å²) in [5.41, 5.74) is 0. The van der Waals surface area contributed by atoms with E-state index in [0.29, 0.717) is 11.5 Å². The Kier molecular flexibility index (Phi) is 2.69. The van der Waals surface area contributed by atoms with Crippen molar-refractivity contribution in [2.45, 2.75) is 0 Å². The molecule has 0 fully saturated rings. The van der Waals surface area contributed by atoms with Gasteiger partial charge in [-0.1, -0.05) is 0 Å². The summed E-state index contributed by atoms with van der Waals surface area (Å²) >= 11 is 5.52. The molecular formula is C10H7ClN2O2. The fourth-order valence-electron chi connectivity index (χ4n) is 1.00. The van der Waals surface area contributed by atoms with E-state index in [4.69, 9.17) is 21.4 Å². The highest BCUT2D eigenvalue weighted by Crippen LogP contribution is 2.22. The van der Waals surface area contributed by atoms with Crippen LogP contribution < -0.4 is 4.74 Å². The first-order valence-electron chi connectivity index (χ1n) is 4.18. The molecule has 2 aromatic rings. The summed E-state index contributed by atoms with van der Waals surface area (Å²) in [6.45, 7) is 0. The maximum absolute atomic E-state index is 9.06. The van der Waals surface area contributed by atoms with Crippen molar-refractivity contribution in [3.63, 3.8) is 0 Å². The number of phenols is 1. The summed E-state index contributed by atoms with van der Waals surface area (Å²) in [4.78, 5) is 7.55. The van der Waals surface area contributed by atoms with Gasteiger partial charge in [0.25, 0.3) is 0 Å². The second-order valence-electron chi connectivity index (χ2n) is 2.78. The number of halogens is 1. The molecule has 15 heavy (non-hydrogen) atoms. The minimum absolute atomic E-state index is 0.174. The zero-order valence-corrected chi connectivity index (χ0v) is 8.35. The first-order chi connectivity index (χ1) is 7.24. The Labute approximate surface area is 91.1 Å². The fourth-order valence-corrected chi connectivity index (χ4v) is 1.10. The quantitative estimate of drug-likeness (QED) is 0.794. The summed E-state index contributed by atoms with van der Waals surface area (Å²) in [7, 11) is 0. The summed E-state index contributed by atoms with van der Waals surface area (Å²) in [6, 6.07) is 6.35. The van der Waals surface area contributed by atoms with Crippen molar-refractivity contribution in [3.8, 4) is 17.2 Å². The van der Waals surface area contributed by atoms with Gasteiger partial charge in [-0.05, 0) is 35.9 Å². The lowest BCUT2D eigenvalue weighted by Crippen LogP contribution is -1.87. The zero-order valence-electron chi connectivity index (χ0n) is 7.59. The molecule has 0 aliphatic carbocycles. The number of aromatic nitrogens is 2. The van der Waals surface area contributed by atoms with Crippen LogP contribution in [-0.2, 0) is 0 Å². The van der Waals surface area contributed by atoms with E-state index in [2.05, 4.69) is 9.97 Å². The van der Waals surface area contributed by atoms with Crippen LogP contribution >= 0.6 is 11.6 Å². The Balaban J connectivity index is 2.15. The molecule has 1 N–H and O–H groups in total. The summed E-state index contributed by atoms with van der Waals surface area (Å²) in [5.74, 6) is 1.28.